The Hall–Kier alpha value is -1.32. The number of nitrogens with one attached hydrogen (secondary N) is 1. The Morgan fingerprint density at radius 2 is 1.38 bits per heavy atom. The van der Waals surface area contributed by atoms with Crippen LogP contribution in [0.3, 0.4) is 0 Å². The van der Waals surface area contributed by atoms with Crippen LogP contribution < -0.4 is 5.32 Å². The fourth-order valence-corrected chi connectivity index (χ4v) is 3.83. The summed E-state index contributed by atoms with van der Waals surface area (Å²) in [4.78, 5) is 22.8. The van der Waals surface area contributed by atoms with Crippen molar-refractivity contribution in [2.75, 3.05) is 6.61 Å². The normalized spacial score (nSPS) is 16.4. The molecule has 1 N–H and O–H groups in total. The van der Waals surface area contributed by atoms with Gasteiger partial charge in [0.05, 0.1) is 6.61 Å². The molecule has 1 aliphatic heterocycles. The highest BCUT2D eigenvalue weighted by Gasteiger charge is 2.28. The molecule has 4 nitrogen and oxygen atoms in total. The quantitative estimate of drug-likeness (QED) is 0.149. The second-order valence-electron chi connectivity index (χ2n) is 8.44. The third kappa shape index (κ3) is 15.2. The highest BCUT2D eigenvalue weighted by molar-refractivity contribution is 5.87. The Balaban J connectivity index is 1.71. The fourth-order valence-electron chi connectivity index (χ4n) is 3.83. The van der Waals surface area contributed by atoms with Crippen LogP contribution in [-0.2, 0) is 14.3 Å². The van der Waals surface area contributed by atoms with Crippen molar-refractivity contribution in [1.82, 2.24) is 5.32 Å². The standard InChI is InChI=1S/C25H45NO3/c1-2-3-4-5-6-7-8-9-10-11-12-13-14-15-16-17-18-19-22-29-25(28)23-20-21-24(27)26-23/h3-4,23H,2,5-22H2,1H3,(H,26,27)/b4-3+/t23-/m0/s1. The van der Waals surface area contributed by atoms with E-state index in [0.29, 0.717) is 19.4 Å². The van der Waals surface area contributed by atoms with Crippen LogP contribution in [0, 0.1) is 0 Å². The molecule has 4 heteroatoms. The van der Waals surface area contributed by atoms with E-state index in [1.165, 1.54) is 89.9 Å². The van der Waals surface area contributed by atoms with Crippen molar-refractivity contribution in [3.05, 3.63) is 12.2 Å². The highest BCUT2D eigenvalue weighted by Crippen LogP contribution is 2.14. The summed E-state index contributed by atoms with van der Waals surface area (Å²) >= 11 is 0. The molecule has 0 spiro atoms. The Bertz CT molecular complexity index is 447. The lowest BCUT2D eigenvalue weighted by molar-refractivity contribution is -0.146. The zero-order chi connectivity index (χ0) is 21.0. The second kappa shape index (κ2) is 18.7. The largest absolute Gasteiger partial charge is 0.464 e. The molecule has 1 rings (SSSR count). The molecular formula is C25H45NO3. The van der Waals surface area contributed by atoms with Gasteiger partial charge in [-0.1, -0.05) is 96.1 Å². The van der Waals surface area contributed by atoms with Gasteiger partial charge in [-0.3, -0.25) is 4.79 Å². The van der Waals surface area contributed by atoms with Crippen LogP contribution in [0.4, 0.5) is 0 Å². The third-order valence-electron chi connectivity index (χ3n) is 5.69. The molecule has 0 aromatic carbocycles. The summed E-state index contributed by atoms with van der Waals surface area (Å²) in [5.74, 6) is -0.307. The number of carbonyl (C=O) groups is 2. The molecule has 0 aromatic rings. The Labute approximate surface area is 179 Å². The topological polar surface area (TPSA) is 55.4 Å². The predicted molar refractivity (Wildman–Crippen MR) is 121 cm³/mol. The van der Waals surface area contributed by atoms with Crippen LogP contribution in [0.5, 0.6) is 0 Å². The number of hydrogen-bond acceptors (Lipinski definition) is 3. The summed E-state index contributed by atoms with van der Waals surface area (Å²) in [5.41, 5.74) is 0. The molecule has 0 aromatic heterocycles. The zero-order valence-corrected chi connectivity index (χ0v) is 18.9. The van der Waals surface area contributed by atoms with E-state index in [2.05, 4.69) is 24.4 Å². The molecule has 0 aliphatic carbocycles. The number of esters is 1. The van der Waals surface area contributed by atoms with Gasteiger partial charge in [0.25, 0.3) is 0 Å². The summed E-state index contributed by atoms with van der Waals surface area (Å²) in [6, 6.07) is -0.407. The zero-order valence-electron chi connectivity index (χ0n) is 18.9. The van der Waals surface area contributed by atoms with Gasteiger partial charge in [-0.15, -0.1) is 0 Å². The number of hydrogen-bond donors (Lipinski definition) is 1. The first-order valence-corrected chi connectivity index (χ1v) is 12.3. The third-order valence-corrected chi connectivity index (χ3v) is 5.69. The maximum atomic E-state index is 11.7. The van der Waals surface area contributed by atoms with Crippen molar-refractivity contribution in [3.63, 3.8) is 0 Å². The van der Waals surface area contributed by atoms with Crippen LogP contribution in [0.15, 0.2) is 12.2 Å². The summed E-state index contributed by atoms with van der Waals surface area (Å²) in [5, 5.41) is 2.65. The SMILES string of the molecule is CC/C=C/CCCCCCCCCCCCCCCCOC(=O)[C@@H]1CCC(=O)N1. The molecule has 1 aliphatic rings. The number of amides is 1. The highest BCUT2D eigenvalue weighted by atomic mass is 16.5. The Morgan fingerprint density at radius 3 is 1.86 bits per heavy atom. The van der Waals surface area contributed by atoms with Crippen molar-refractivity contribution in [3.8, 4) is 0 Å². The van der Waals surface area contributed by atoms with Gasteiger partial charge in [0.2, 0.25) is 5.91 Å². The monoisotopic (exact) mass is 407 g/mol. The van der Waals surface area contributed by atoms with Gasteiger partial charge >= 0.3 is 5.97 Å². The van der Waals surface area contributed by atoms with Gasteiger partial charge in [-0.25, -0.2) is 4.79 Å². The molecule has 29 heavy (non-hydrogen) atoms. The molecule has 0 unspecified atom stereocenters. The second-order valence-corrected chi connectivity index (χ2v) is 8.44. The average molecular weight is 408 g/mol. The number of unbranched alkanes of at least 4 members (excludes halogenated alkanes) is 14. The van der Waals surface area contributed by atoms with Crippen molar-refractivity contribution >= 4 is 11.9 Å². The van der Waals surface area contributed by atoms with Crippen LogP contribution in [-0.4, -0.2) is 24.5 Å². The molecule has 1 fully saturated rings. The van der Waals surface area contributed by atoms with Crippen molar-refractivity contribution < 1.29 is 14.3 Å². The number of carbonyl (C=O) groups excluding carboxylic acids is 2. The molecule has 0 radical (unpaired) electrons. The molecule has 168 valence electrons. The molecule has 1 saturated heterocycles. The summed E-state index contributed by atoms with van der Waals surface area (Å²) in [6.45, 7) is 2.68. The van der Waals surface area contributed by atoms with Crippen molar-refractivity contribution in [1.29, 1.82) is 0 Å². The van der Waals surface area contributed by atoms with Crippen molar-refractivity contribution in [2.24, 2.45) is 0 Å². The number of ether oxygens (including phenoxy) is 1. The average Bonchev–Trinajstić information content (AvgIpc) is 3.16. The van der Waals surface area contributed by atoms with E-state index in [-0.39, 0.29) is 11.9 Å². The maximum Gasteiger partial charge on any atom is 0.328 e. The van der Waals surface area contributed by atoms with Gasteiger partial charge < -0.3 is 10.1 Å². The predicted octanol–water partition coefficient (Wildman–Crippen LogP) is 6.63. The minimum Gasteiger partial charge on any atom is -0.464 e. The minimum atomic E-state index is -0.407. The summed E-state index contributed by atoms with van der Waals surface area (Å²) in [6.07, 6.45) is 26.5. The van der Waals surface area contributed by atoms with E-state index in [1.807, 2.05) is 0 Å². The summed E-state index contributed by atoms with van der Waals surface area (Å²) < 4.78 is 5.25. The van der Waals surface area contributed by atoms with Crippen LogP contribution in [0.1, 0.15) is 122 Å². The molecular weight excluding hydrogens is 362 g/mol. The van der Waals surface area contributed by atoms with Gasteiger partial charge in [-0.2, -0.15) is 0 Å². The maximum absolute atomic E-state index is 11.7. The van der Waals surface area contributed by atoms with E-state index < -0.39 is 6.04 Å². The Morgan fingerprint density at radius 1 is 0.862 bits per heavy atom. The van der Waals surface area contributed by atoms with Crippen LogP contribution in [0.25, 0.3) is 0 Å². The number of allylic oxidation sites excluding steroid dienone is 2. The van der Waals surface area contributed by atoms with Crippen LogP contribution >= 0.6 is 0 Å². The first kappa shape index (κ1) is 25.7. The van der Waals surface area contributed by atoms with Gasteiger partial charge in [0.1, 0.15) is 6.04 Å². The van der Waals surface area contributed by atoms with Crippen molar-refractivity contribution in [2.45, 2.75) is 129 Å². The van der Waals surface area contributed by atoms with E-state index in [0.717, 1.165) is 12.8 Å². The molecule has 1 atom stereocenters. The lowest BCUT2D eigenvalue weighted by atomic mass is 10.0. The minimum absolute atomic E-state index is 0.0435. The van der Waals surface area contributed by atoms with Gasteiger partial charge in [0.15, 0.2) is 0 Å². The lowest BCUT2D eigenvalue weighted by Gasteiger charge is -2.09. The molecule has 0 bridgehead atoms. The number of rotatable bonds is 19. The van der Waals surface area contributed by atoms with E-state index in [4.69, 9.17) is 4.74 Å². The lowest BCUT2D eigenvalue weighted by Crippen LogP contribution is -2.34. The first-order valence-electron chi connectivity index (χ1n) is 12.3. The van der Waals surface area contributed by atoms with E-state index >= 15 is 0 Å². The summed E-state index contributed by atoms with van der Waals surface area (Å²) in [7, 11) is 0. The van der Waals surface area contributed by atoms with E-state index in [1.54, 1.807) is 0 Å². The molecule has 1 amide bonds. The smallest absolute Gasteiger partial charge is 0.328 e. The van der Waals surface area contributed by atoms with Crippen LogP contribution in [0.2, 0.25) is 0 Å². The van der Waals surface area contributed by atoms with Gasteiger partial charge in [-0.05, 0) is 32.1 Å². The first-order chi connectivity index (χ1) is 14.2. The van der Waals surface area contributed by atoms with Gasteiger partial charge in [0, 0.05) is 6.42 Å². The molecule has 1 heterocycles. The van der Waals surface area contributed by atoms with E-state index in [9.17, 15) is 9.59 Å². The molecule has 0 saturated carbocycles. The fraction of sp³-hybridized carbons (Fsp3) is 0.840. The Kier molecular flexibility index (Phi) is 16.6.